The standard InChI is InChI=1S/C12H12N4O/c1-2-16-10(3-4-14-16)7-9-8-15-6-5-13-12(15)11(9)17/h3-7H,2,8H2,1H3/b9-7+. The van der Waals surface area contributed by atoms with Crippen molar-refractivity contribution in [2.45, 2.75) is 20.0 Å². The topological polar surface area (TPSA) is 52.7 Å². The zero-order chi connectivity index (χ0) is 11.8. The molecule has 2 aromatic heterocycles. The van der Waals surface area contributed by atoms with E-state index in [-0.39, 0.29) is 5.78 Å². The smallest absolute Gasteiger partial charge is 0.226 e. The second kappa shape index (κ2) is 3.69. The van der Waals surface area contributed by atoms with Crippen LogP contribution in [0.5, 0.6) is 0 Å². The van der Waals surface area contributed by atoms with Crippen molar-refractivity contribution in [3.63, 3.8) is 0 Å². The molecule has 0 atom stereocenters. The number of Topliss-reactive ketones (excluding diaryl/α,β-unsaturated/α-hetero) is 1. The third-order valence-electron chi connectivity index (χ3n) is 2.92. The van der Waals surface area contributed by atoms with Gasteiger partial charge >= 0.3 is 0 Å². The molecule has 0 saturated heterocycles. The molecule has 0 spiro atoms. The summed E-state index contributed by atoms with van der Waals surface area (Å²) in [6.07, 6.45) is 7.12. The molecule has 3 heterocycles. The van der Waals surface area contributed by atoms with E-state index < -0.39 is 0 Å². The zero-order valence-electron chi connectivity index (χ0n) is 9.50. The molecule has 1 aliphatic heterocycles. The van der Waals surface area contributed by atoms with Gasteiger partial charge in [-0.3, -0.25) is 9.48 Å². The van der Waals surface area contributed by atoms with Crippen LogP contribution in [0.25, 0.3) is 6.08 Å². The van der Waals surface area contributed by atoms with E-state index in [1.54, 1.807) is 12.4 Å². The van der Waals surface area contributed by atoms with Gasteiger partial charge in [-0.05, 0) is 19.1 Å². The number of carbonyl (C=O) groups is 1. The number of ketones is 1. The Morgan fingerprint density at radius 1 is 1.47 bits per heavy atom. The lowest BCUT2D eigenvalue weighted by Gasteiger charge is -2.00. The lowest BCUT2D eigenvalue weighted by atomic mass is 10.1. The molecule has 0 fully saturated rings. The number of imidazole rings is 1. The SMILES string of the molecule is CCn1nccc1/C=C1\Cn2ccnc2C1=O. The van der Waals surface area contributed by atoms with E-state index in [9.17, 15) is 4.79 Å². The molecule has 86 valence electrons. The average molecular weight is 228 g/mol. The molecule has 3 rings (SSSR count). The fourth-order valence-electron chi connectivity index (χ4n) is 2.06. The second-order valence-electron chi connectivity index (χ2n) is 3.95. The molecular formula is C12H12N4O. The average Bonchev–Trinajstić information content (AvgIpc) is 2.99. The first-order valence-electron chi connectivity index (χ1n) is 5.58. The van der Waals surface area contributed by atoms with Crippen LogP contribution < -0.4 is 0 Å². The van der Waals surface area contributed by atoms with E-state index in [0.717, 1.165) is 17.8 Å². The molecule has 0 amide bonds. The van der Waals surface area contributed by atoms with E-state index in [1.807, 2.05) is 34.5 Å². The Labute approximate surface area is 98.4 Å². The summed E-state index contributed by atoms with van der Waals surface area (Å²) in [4.78, 5) is 16.1. The predicted octanol–water partition coefficient (Wildman–Crippen LogP) is 1.38. The van der Waals surface area contributed by atoms with Crippen LogP contribution in [0.4, 0.5) is 0 Å². The van der Waals surface area contributed by atoms with Crippen LogP contribution in [0.15, 0.2) is 30.2 Å². The fourth-order valence-corrected chi connectivity index (χ4v) is 2.06. The molecule has 0 N–H and O–H groups in total. The molecule has 0 saturated carbocycles. The third-order valence-corrected chi connectivity index (χ3v) is 2.92. The number of aryl methyl sites for hydroxylation is 1. The summed E-state index contributed by atoms with van der Waals surface area (Å²) in [6, 6.07) is 1.91. The van der Waals surface area contributed by atoms with Gasteiger partial charge < -0.3 is 4.57 Å². The lowest BCUT2D eigenvalue weighted by Crippen LogP contribution is -2.01. The van der Waals surface area contributed by atoms with Crippen LogP contribution in [-0.2, 0) is 13.1 Å². The summed E-state index contributed by atoms with van der Waals surface area (Å²) in [6.45, 7) is 3.42. The van der Waals surface area contributed by atoms with Gasteiger partial charge in [0.15, 0.2) is 5.82 Å². The van der Waals surface area contributed by atoms with Gasteiger partial charge in [0.05, 0.1) is 12.2 Å². The molecule has 2 aromatic rings. The maximum absolute atomic E-state index is 12.0. The maximum atomic E-state index is 12.0. The Hall–Kier alpha value is -2.17. The van der Waals surface area contributed by atoms with Crippen molar-refractivity contribution in [2.75, 3.05) is 0 Å². The normalized spacial score (nSPS) is 16.8. The van der Waals surface area contributed by atoms with Crippen LogP contribution in [0.1, 0.15) is 23.2 Å². The highest BCUT2D eigenvalue weighted by molar-refractivity contribution is 6.11. The first-order valence-corrected chi connectivity index (χ1v) is 5.58. The number of allylic oxidation sites excluding steroid dienone is 1. The number of hydrogen-bond donors (Lipinski definition) is 0. The van der Waals surface area contributed by atoms with Crippen molar-refractivity contribution in [2.24, 2.45) is 0 Å². The quantitative estimate of drug-likeness (QED) is 0.730. The first kappa shape index (κ1) is 10.0. The van der Waals surface area contributed by atoms with E-state index in [0.29, 0.717) is 12.4 Å². The van der Waals surface area contributed by atoms with Gasteiger partial charge in [0.1, 0.15) is 0 Å². The second-order valence-corrected chi connectivity index (χ2v) is 3.95. The summed E-state index contributed by atoms with van der Waals surface area (Å²) in [5.41, 5.74) is 1.73. The fraction of sp³-hybridized carbons (Fsp3) is 0.250. The summed E-state index contributed by atoms with van der Waals surface area (Å²) in [7, 11) is 0. The van der Waals surface area contributed by atoms with Gasteiger partial charge in [-0.1, -0.05) is 0 Å². The number of carbonyl (C=O) groups excluding carboxylic acids is 1. The molecule has 0 radical (unpaired) electrons. The van der Waals surface area contributed by atoms with Crippen LogP contribution in [0.3, 0.4) is 0 Å². The van der Waals surface area contributed by atoms with Gasteiger partial charge in [0, 0.05) is 30.7 Å². The highest BCUT2D eigenvalue weighted by Gasteiger charge is 2.25. The molecule has 5 nitrogen and oxygen atoms in total. The van der Waals surface area contributed by atoms with E-state index in [1.165, 1.54) is 0 Å². The number of rotatable bonds is 2. The molecule has 5 heteroatoms. The predicted molar refractivity (Wildman–Crippen MR) is 62.4 cm³/mol. The maximum Gasteiger partial charge on any atom is 0.226 e. The van der Waals surface area contributed by atoms with Crippen LogP contribution >= 0.6 is 0 Å². The Balaban J connectivity index is 1.98. The number of aromatic nitrogens is 4. The van der Waals surface area contributed by atoms with Crippen molar-refractivity contribution in [3.05, 3.63) is 41.7 Å². The van der Waals surface area contributed by atoms with Crippen LogP contribution in [-0.4, -0.2) is 25.1 Å². The molecule has 0 unspecified atom stereocenters. The molecular weight excluding hydrogens is 216 g/mol. The number of nitrogens with zero attached hydrogens (tertiary/aromatic N) is 4. The van der Waals surface area contributed by atoms with Crippen molar-refractivity contribution in [1.82, 2.24) is 19.3 Å². The van der Waals surface area contributed by atoms with Crippen molar-refractivity contribution < 1.29 is 4.79 Å². The minimum atomic E-state index is 0.0128. The molecule has 0 aliphatic carbocycles. The molecule has 1 aliphatic rings. The van der Waals surface area contributed by atoms with Crippen molar-refractivity contribution in [3.8, 4) is 0 Å². The minimum Gasteiger partial charge on any atom is -0.324 e. The van der Waals surface area contributed by atoms with E-state index >= 15 is 0 Å². The van der Waals surface area contributed by atoms with Crippen molar-refractivity contribution in [1.29, 1.82) is 0 Å². The highest BCUT2D eigenvalue weighted by Crippen LogP contribution is 2.20. The van der Waals surface area contributed by atoms with Gasteiger partial charge in [-0.25, -0.2) is 4.98 Å². The Morgan fingerprint density at radius 3 is 3.12 bits per heavy atom. The van der Waals surface area contributed by atoms with Gasteiger partial charge in [-0.2, -0.15) is 5.10 Å². The third kappa shape index (κ3) is 1.51. The zero-order valence-corrected chi connectivity index (χ0v) is 9.50. The Bertz CT molecular complexity index is 606. The number of fused-ring (bicyclic) bond motifs is 1. The molecule has 17 heavy (non-hydrogen) atoms. The summed E-state index contributed by atoms with van der Waals surface area (Å²) in [5.74, 6) is 0.540. The van der Waals surface area contributed by atoms with E-state index in [2.05, 4.69) is 10.1 Å². The highest BCUT2D eigenvalue weighted by atomic mass is 16.1. The van der Waals surface area contributed by atoms with E-state index in [4.69, 9.17) is 0 Å². The summed E-state index contributed by atoms with van der Waals surface area (Å²) < 4.78 is 3.72. The van der Waals surface area contributed by atoms with Crippen LogP contribution in [0.2, 0.25) is 0 Å². The van der Waals surface area contributed by atoms with Gasteiger partial charge in [0.2, 0.25) is 5.78 Å². The lowest BCUT2D eigenvalue weighted by molar-refractivity contribution is 0.103. The van der Waals surface area contributed by atoms with Gasteiger partial charge in [-0.15, -0.1) is 0 Å². The summed E-state index contributed by atoms with van der Waals surface area (Å²) >= 11 is 0. The Kier molecular flexibility index (Phi) is 2.18. The Morgan fingerprint density at radius 2 is 2.35 bits per heavy atom. The minimum absolute atomic E-state index is 0.0128. The van der Waals surface area contributed by atoms with Crippen molar-refractivity contribution >= 4 is 11.9 Å². The first-order chi connectivity index (χ1) is 8.29. The van der Waals surface area contributed by atoms with Gasteiger partial charge in [0.25, 0.3) is 0 Å². The monoisotopic (exact) mass is 228 g/mol. The summed E-state index contributed by atoms with van der Waals surface area (Å²) in [5, 5.41) is 4.18. The van der Waals surface area contributed by atoms with Crippen LogP contribution in [0, 0.1) is 0 Å². The molecule has 0 aromatic carbocycles. The largest absolute Gasteiger partial charge is 0.324 e. The molecule has 0 bridgehead atoms. The number of hydrogen-bond acceptors (Lipinski definition) is 3.